The van der Waals surface area contributed by atoms with Crippen LogP contribution in [-0.2, 0) is 4.79 Å². The second kappa shape index (κ2) is 20.2. The maximum atomic E-state index is 13.3. The predicted octanol–water partition coefficient (Wildman–Crippen LogP) is 9.31. The van der Waals surface area contributed by atoms with Crippen LogP contribution in [0.3, 0.4) is 0 Å². The Kier molecular flexibility index (Phi) is 18.9. The van der Waals surface area contributed by atoms with Gasteiger partial charge in [0.15, 0.2) is 11.5 Å². The third-order valence-corrected chi connectivity index (χ3v) is 6.87. The van der Waals surface area contributed by atoms with Crippen molar-refractivity contribution in [1.82, 2.24) is 5.32 Å². The summed E-state index contributed by atoms with van der Waals surface area (Å²) in [7, 11) is 3.53. The predicted molar refractivity (Wildman–Crippen MR) is 170 cm³/mol. The van der Waals surface area contributed by atoms with Gasteiger partial charge >= 0.3 is 0 Å². The lowest BCUT2D eigenvalue weighted by Gasteiger charge is -2.34. The zero-order valence-electron chi connectivity index (χ0n) is 26.5. The quantitative estimate of drug-likeness (QED) is 0.124. The first-order valence-electron chi connectivity index (χ1n) is 15.1. The van der Waals surface area contributed by atoms with Gasteiger partial charge in [0.25, 0.3) is 5.91 Å². The van der Waals surface area contributed by atoms with Crippen LogP contribution in [0.2, 0.25) is 0 Å². The number of likely N-dealkylation sites (N-methyl/N-ethyl adjacent to an activating group) is 1. The van der Waals surface area contributed by atoms with Gasteiger partial charge in [-0.25, -0.2) is 0 Å². The van der Waals surface area contributed by atoms with Gasteiger partial charge in [0.05, 0.1) is 30.5 Å². The van der Waals surface area contributed by atoms with Crippen molar-refractivity contribution in [2.24, 2.45) is 0 Å². The molecule has 0 aromatic heterocycles. The third kappa shape index (κ3) is 11.5. The molecule has 0 radical (unpaired) electrons. The first-order valence-corrected chi connectivity index (χ1v) is 15.1. The van der Waals surface area contributed by atoms with Crippen molar-refractivity contribution in [3.8, 4) is 11.5 Å². The van der Waals surface area contributed by atoms with Gasteiger partial charge in [-0.1, -0.05) is 111 Å². The number of hydrogen-bond acceptors (Lipinski definition) is 4. The normalized spacial score (nSPS) is 14.1. The maximum absolute atomic E-state index is 13.3. The molecule has 0 saturated heterocycles. The van der Waals surface area contributed by atoms with Gasteiger partial charge in [-0.2, -0.15) is 0 Å². The molecule has 0 unspecified atom stereocenters. The Labute approximate surface area is 240 Å². The Morgan fingerprint density at radius 2 is 1.62 bits per heavy atom. The van der Waals surface area contributed by atoms with Gasteiger partial charge in [0.1, 0.15) is 0 Å². The number of rotatable bonds is 12. The molecule has 1 aromatic rings. The van der Waals surface area contributed by atoms with E-state index in [1.54, 1.807) is 7.11 Å². The number of nitrogens with one attached hydrogen (secondary N) is 1. The Bertz CT molecular complexity index is 883. The molecular formula is C34H58N2O3. The zero-order valence-corrected chi connectivity index (χ0v) is 26.5. The van der Waals surface area contributed by atoms with Crippen LogP contribution in [0, 0.1) is 6.92 Å². The fraction of sp³-hybridized carbons (Fsp3) is 0.618. The fourth-order valence-corrected chi connectivity index (χ4v) is 4.58. The molecule has 0 atom stereocenters. The number of unbranched alkanes of at least 4 members (excludes halogenated alkanes) is 2. The second-order valence-electron chi connectivity index (χ2n) is 10.1. The van der Waals surface area contributed by atoms with Crippen LogP contribution < -0.4 is 19.7 Å². The number of hydrogen-bond donors (Lipinski definition) is 1. The summed E-state index contributed by atoms with van der Waals surface area (Å²) in [6, 6.07) is 3.90. The standard InChI is InChI=1S/C29H44N2O3.C3H8.C2H6/c1-8-10-16-21-34-27-25(33-7)18-17-22(3)26(27)31(6)24(5)23(4)28(32)30-29(9-2)19-14-12-11-13-15-20-29;1-3-2;1-2/h9,17-18H,2,4-5,8,10-16,19-21H2,1,3,6-7H3,(H,30,32);3H2,1-2H3;1-2H3. The Hall–Kier alpha value is -2.69. The molecule has 5 nitrogen and oxygen atoms in total. The topological polar surface area (TPSA) is 50.8 Å². The van der Waals surface area contributed by atoms with Crippen LogP contribution in [0.5, 0.6) is 11.5 Å². The van der Waals surface area contributed by atoms with Crippen molar-refractivity contribution < 1.29 is 14.3 Å². The summed E-state index contributed by atoms with van der Waals surface area (Å²) in [5.41, 5.74) is 2.31. The van der Waals surface area contributed by atoms with E-state index in [-0.39, 0.29) is 5.91 Å². The lowest BCUT2D eigenvalue weighted by molar-refractivity contribution is -0.118. The molecule has 222 valence electrons. The summed E-state index contributed by atoms with van der Waals surface area (Å²) in [6.07, 6.45) is 14.0. The lowest BCUT2D eigenvalue weighted by atomic mass is 9.83. The molecule has 1 aromatic carbocycles. The fourth-order valence-electron chi connectivity index (χ4n) is 4.58. The highest BCUT2D eigenvalue weighted by Gasteiger charge is 2.31. The number of nitrogens with zero attached hydrogens (tertiary/aromatic N) is 1. The molecule has 2 rings (SSSR count). The minimum atomic E-state index is -0.390. The van der Waals surface area contributed by atoms with Crippen LogP contribution in [-0.4, -0.2) is 32.2 Å². The average Bonchev–Trinajstić information content (AvgIpc) is 2.93. The maximum Gasteiger partial charge on any atom is 0.253 e. The summed E-state index contributed by atoms with van der Waals surface area (Å²) in [5, 5.41) is 3.24. The van der Waals surface area contributed by atoms with E-state index in [1.165, 1.54) is 25.7 Å². The van der Waals surface area contributed by atoms with E-state index in [0.29, 0.717) is 29.4 Å². The molecule has 1 saturated carbocycles. The second-order valence-corrected chi connectivity index (χ2v) is 10.1. The summed E-state index contributed by atoms with van der Waals surface area (Å²) in [5.74, 6) is 1.12. The highest BCUT2D eigenvalue weighted by atomic mass is 16.5. The third-order valence-electron chi connectivity index (χ3n) is 6.87. The Balaban J connectivity index is 0.00000269. The summed E-state index contributed by atoms with van der Waals surface area (Å²) in [6.45, 7) is 25.4. The van der Waals surface area contributed by atoms with Crippen LogP contribution >= 0.6 is 0 Å². The highest BCUT2D eigenvalue weighted by Crippen LogP contribution is 2.42. The van der Waals surface area contributed by atoms with E-state index in [4.69, 9.17) is 9.47 Å². The summed E-state index contributed by atoms with van der Waals surface area (Å²) < 4.78 is 11.8. The molecule has 1 amide bonds. The van der Waals surface area contributed by atoms with Gasteiger partial charge in [-0.05, 0) is 37.8 Å². The largest absolute Gasteiger partial charge is 0.493 e. The Morgan fingerprint density at radius 3 is 2.13 bits per heavy atom. The molecule has 1 aliphatic rings. The SMILES string of the molecule is C=CC1(NC(=O)C(=C)C(=C)N(C)c2c(C)ccc(OC)c2OCCCCC)CCCCCCC1.CC.CCC. The van der Waals surface area contributed by atoms with Crippen molar-refractivity contribution in [3.05, 3.63) is 54.8 Å². The van der Waals surface area contributed by atoms with Crippen LogP contribution in [0.4, 0.5) is 5.69 Å². The van der Waals surface area contributed by atoms with Crippen LogP contribution in [0.1, 0.15) is 111 Å². The number of methoxy groups -OCH3 is 1. The van der Waals surface area contributed by atoms with E-state index in [9.17, 15) is 4.79 Å². The molecule has 1 N–H and O–H groups in total. The monoisotopic (exact) mass is 542 g/mol. The van der Waals surface area contributed by atoms with Crippen molar-refractivity contribution in [1.29, 1.82) is 0 Å². The number of anilines is 1. The smallest absolute Gasteiger partial charge is 0.253 e. The number of aryl methyl sites for hydroxylation is 1. The number of carbonyl (C=O) groups is 1. The zero-order chi connectivity index (χ0) is 29.8. The van der Waals surface area contributed by atoms with Crippen molar-refractivity contribution in [3.63, 3.8) is 0 Å². The van der Waals surface area contributed by atoms with Crippen LogP contribution in [0.25, 0.3) is 0 Å². The highest BCUT2D eigenvalue weighted by molar-refractivity contribution is 5.99. The van der Waals surface area contributed by atoms with Gasteiger partial charge in [-0.15, -0.1) is 6.58 Å². The van der Waals surface area contributed by atoms with E-state index in [1.807, 2.05) is 50.9 Å². The number of ether oxygens (including phenoxy) is 2. The molecular weight excluding hydrogens is 484 g/mol. The minimum absolute atomic E-state index is 0.205. The minimum Gasteiger partial charge on any atom is -0.493 e. The van der Waals surface area contributed by atoms with Crippen molar-refractivity contribution in [2.45, 2.75) is 118 Å². The molecule has 1 aliphatic carbocycles. The summed E-state index contributed by atoms with van der Waals surface area (Å²) in [4.78, 5) is 15.2. The molecule has 0 aliphatic heterocycles. The van der Waals surface area contributed by atoms with Gasteiger partial charge in [0, 0.05) is 12.7 Å². The molecule has 0 spiro atoms. The lowest BCUT2D eigenvalue weighted by Crippen LogP contribution is -2.48. The first kappa shape index (κ1) is 36.3. The molecule has 0 bridgehead atoms. The van der Waals surface area contributed by atoms with Crippen molar-refractivity contribution >= 4 is 11.6 Å². The van der Waals surface area contributed by atoms with E-state index >= 15 is 0 Å². The van der Waals surface area contributed by atoms with E-state index in [0.717, 1.165) is 56.2 Å². The van der Waals surface area contributed by atoms with Gasteiger partial charge in [0.2, 0.25) is 0 Å². The van der Waals surface area contributed by atoms with E-state index in [2.05, 4.69) is 45.8 Å². The average molecular weight is 543 g/mol. The molecule has 1 fully saturated rings. The molecule has 39 heavy (non-hydrogen) atoms. The van der Waals surface area contributed by atoms with Gasteiger partial charge in [-0.3, -0.25) is 4.79 Å². The van der Waals surface area contributed by atoms with E-state index < -0.39 is 5.54 Å². The summed E-state index contributed by atoms with van der Waals surface area (Å²) >= 11 is 0. The number of amides is 1. The molecule has 0 heterocycles. The number of carbonyl (C=O) groups excluding carboxylic acids is 1. The first-order chi connectivity index (χ1) is 18.7. The van der Waals surface area contributed by atoms with Crippen molar-refractivity contribution in [2.75, 3.05) is 25.7 Å². The van der Waals surface area contributed by atoms with Gasteiger partial charge < -0.3 is 19.7 Å². The Morgan fingerprint density at radius 1 is 1.05 bits per heavy atom. The molecule has 5 heteroatoms. The number of benzene rings is 1. The van der Waals surface area contributed by atoms with Crippen LogP contribution in [0.15, 0.2) is 49.2 Å².